The zero-order valence-electron chi connectivity index (χ0n) is 30.3. The number of furan rings is 2. The quantitative estimate of drug-likeness (QED) is 0.175. The maximum atomic E-state index is 6.84. The van der Waals surface area contributed by atoms with E-state index in [1.54, 1.807) is 0 Å². The molecule has 0 saturated carbocycles. The van der Waals surface area contributed by atoms with Gasteiger partial charge in [0, 0.05) is 52.8 Å². The van der Waals surface area contributed by atoms with Crippen LogP contribution in [-0.2, 0) is 0 Å². The number of aromatic nitrogens is 3. The summed E-state index contributed by atoms with van der Waals surface area (Å²) in [7, 11) is 0. The second kappa shape index (κ2) is 12.6. The first-order valence-electron chi connectivity index (χ1n) is 18.9. The summed E-state index contributed by atoms with van der Waals surface area (Å²) in [4.78, 5) is 15.4. The summed E-state index contributed by atoms with van der Waals surface area (Å²) in [5.41, 5.74) is 10.4. The van der Waals surface area contributed by atoms with Crippen molar-refractivity contribution in [2.24, 2.45) is 0 Å². The van der Waals surface area contributed by atoms with Crippen molar-refractivity contribution in [1.82, 2.24) is 15.0 Å². The molecule has 266 valence electrons. The molecule has 4 heterocycles. The lowest BCUT2D eigenvalue weighted by atomic mass is 9.94. The lowest BCUT2D eigenvalue weighted by Crippen LogP contribution is -2.00. The molecule has 12 aromatic rings. The molecule has 8 aromatic carbocycles. The minimum absolute atomic E-state index is 0.538. The first-order chi connectivity index (χ1) is 28.2. The minimum Gasteiger partial charge on any atom is -0.456 e. The van der Waals surface area contributed by atoms with E-state index in [9.17, 15) is 0 Å². The van der Waals surface area contributed by atoms with Crippen LogP contribution in [0.3, 0.4) is 0 Å². The van der Waals surface area contributed by atoms with Crippen molar-refractivity contribution < 1.29 is 8.83 Å². The number of nitrogens with zero attached hydrogens (tertiary/aromatic N) is 3. The monoisotopic (exact) mass is 747 g/mol. The lowest BCUT2D eigenvalue weighted by molar-refractivity contribution is 0.668. The van der Waals surface area contributed by atoms with Crippen LogP contribution in [0.15, 0.2) is 185 Å². The van der Waals surface area contributed by atoms with E-state index in [0.29, 0.717) is 17.5 Å². The van der Waals surface area contributed by atoms with E-state index in [-0.39, 0.29) is 0 Å². The molecular weight excluding hydrogens is 719 g/mol. The van der Waals surface area contributed by atoms with Gasteiger partial charge in [-0.2, -0.15) is 0 Å². The highest BCUT2D eigenvalue weighted by Crippen LogP contribution is 2.44. The summed E-state index contributed by atoms with van der Waals surface area (Å²) < 4.78 is 15.6. The van der Waals surface area contributed by atoms with Crippen LogP contribution in [0.5, 0.6) is 0 Å². The van der Waals surface area contributed by atoms with Crippen LogP contribution in [-0.4, -0.2) is 15.0 Å². The molecule has 0 amide bonds. The molecule has 4 aromatic heterocycles. The van der Waals surface area contributed by atoms with Gasteiger partial charge in [-0.05, 0) is 70.8 Å². The Morgan fingerprint density at radius 2 is 1.00 bits per heavy atom. The summed E-state index contributed by atoms with van der Waals surface area (Å²) in [5.74, 6) is 1.69. The van der Waals surface area contributed by atoms with Crippen LogP contribution >= 0.6 is 11.3 Å². The predicted octanol–water partition coefficient (Wildman–Crippen LogP) is 14.4. The molecule has 5 nitrogen and oxygen atoms in total. The number of para-hydroxylation sites is 2. The summed E-state index contributed by atoms with van der Waals surface area (Å²) >= 11 is 1.84. The van der Waals surface area contributed by atoms with Crippen LogP contribution in [0.25, 0.3) is 120 Å². The van der Waals surface area contributed by atoms with Gasteiger partial charge in [0.1, 0.15) is 22.3 Å². The van der Waals surface area contributed by atoms with Gasteiger partial charge >= 0.3 is 0 Å². The average molecular weight is 748 g/mol. The van der Waals surface area contributed by atoms with Gasteiger partial charge in [0.15, 0.2) is 17.5 Å². The maximum Gasteiger partial charge on any atom is 0.167 e. The largest absolute Gasteiger partial charge is 0.456 e. The summed E-state index contributed by atoms with van der Waals surface area (Å²) in [5, 5.41) is 6.62. The van der Waals surface area contributed by atoms with Crippen molar-refractivity contribution in [3.63, 3.8) is 0 Å². The minimum atomic E-state index is 0.538. The van der Waals surface area contributed by atoms with E-state index in [4.69, 9.17) is 23.8 Å². The third-order valence-corrected chi connectivity index (χ3v) is 12.1. The Hall–Kier alpha value is -7.41. The number of benzene rings is 8. The molecule has 0 bridgehead atoms. The Kier molecular flexibility index (Phi) is 7.03. The van der Waals surface area contributed by atoms with Gasteiger partial charge in [0.2, 0.25) is 0 Å². The Morgan fingerprint density at radius 3 is 1.86 bits per heavy atom. The van der Waals surface area contributed by atoms with Crippen LogP contribution < -0.4 is 0 Å². The SMILES string of the molecule is c1ccc(-c2nc(-c3cccc4c3oc3cc(-c5cc(-c6ccccc6)c6c(c5)sc5ccccc56)ccc34)nc(-c3cccc4oc5ccccc5c34)n2)cc1. The van der Waals surface area contributed by atoms with E-state index in [2.05, 4.69) is 109 Å². The van der Waals surface area contributed by atoms with Crippen LogP contribution in [0.2, 0.25) is 0 Å². The molecular formula is C51H29N3O2S. The summed E-state index contributed by atoms with van der Waals surface area (Å²) in [6, 6.07) is 61.0. The van der Waals surface area contributed by atoms with Gasteiger partial charge in [-0.1, -0.05) is 127 Å². The number of fused-ring (bicyclic) bond motifs is 9. The Bertz CT molecular complexity index is 3530. The van der Waals surface area contributed by atoms with Crippen LogP contribution in [0.1, 0.15) is 0 Å². The van der Waals surface area contributed by atoms with E-state index < -0.39 is 0 Å². The third-order valence-electron chi connectivity index (χ3n) is 10.9. The first kappa shape index (κ1) is 31.9. The topological polar surface area (TPSA) is 65.0 Å². The second-order valence-electron chi connectivity index (χ2n) is 14.3. The Labute approximate surface area is 330 Å². The lowest BCUT2D eigenvalue weighted by Gasteiger charge is -2.09. The van der Waals surface area contributed by atoms with Gasteiger partial charge in [0.05, 0.1) is 5.56 Å². The second-order valence-corrected chi connectivity index (χ2v) is 15.4. The third kappa shape index (κ3) is 5.12. The molecule has 0 aliphatic rings. The molecule has 12 rings (SSSR count). The molecule has 0 aliphatic carbocycles. The van der Waals surface area contributed by atoms with Gasteiger partial charge in [-0.15, -0.1) is 11.3 Å². The van der Waals surface area contributed by atoms with E-state index >= 15 is 0 Å². The van der Waals surface area contributed by atoms with Gasteiger partial charge in [0.25, 0.3) is 0 Å². The smallest absolute Gasteiger partial charge is 0.167 e. The average Bonchev–Trinajstić information content (AvgIpc) is 3.97. The molecule has 0 spiro atoms. The highest BCUT2D eigenvalue weighted by Gasteiger charge is 2.21. The Morgan fingerprint density at radius 1 is 0.333 bits per heavy atom. The molecule has 0 aliphatic heterocycles. The molecule has 0 atom stereocenters. The standard InChI is InChI=1S/C51H29N3O2S/c1-3-13-30(14-4-1)40-27-33(29-45-47(40)37-18-8-10-24-44(37)57-45)32-25-26-34-35-19-11-21-39(48(35)56-43(34)28-32)51-53-49(31-15-5-2-6-16-31)52-50(54-51)38-20-12-23-42-46(38)36-17-7-9-22-41(36)55-42/h1-29H. The number of hydrogen-bond donors (Lipinski definition) is 0. The molecule has 0 saturated heterocycles. The van der Waals surface area contributed by atoms with Gasteiger partial charge < -0.3 is 8.83 Å². The van der Waals surface area contributed by atoms with Crippen molar-refractivity contribution >= 4 is 75.4 Å². The fraction of sp³-hybridized carbons (Fsp3) is 0. The molecule has 57 heavy (non-hydrogen) atoms. The van der Waals surface area contributed by atoms with Crippen LogP contribution in [0, 0.1) is 0 Å². The molecule has 6 heteroatoms. The highest BCUT2D eigenvalue weighted by atomic mass is 32.1. The fourth-order valence-corrected chi connectivity index (χ4v) is 9.49. The van der Waals surface area contributed by atoms with Crippen molar-refractivity contribution in [3.8, 4) is 56.4 Å². The van der Waals surface area contributed by atoms with Crippen molar-refractivity contribution in [1.29, 1.82) is 0 Å². The molecule has 0 N–H and O–H groups in total. The van der Waals surface area contributed by atoms with Crippen molar-refractivity contribution in [2.75, 3.05) is 0 Å². The number of hydrogen-bond acceptors (Lipinski definition) is 6. The normalized spacial score (nSPS) is 11.9. The van der Waals surface area contributed by atoms with Crippen molar-refractivity contribution in [2.45, 2.75) is 0 Å². The maximum absolute atomic E-state index is 6.84. The summed E-state index contributed by atoms with van der Waals surface area (Å²) in [6.07, 6.45) is 0. The van der Waals surface area contributed by atoms with E-state index in [1.807, 2.05) is 78.1 Å². The summed E-state index contributed by atoms with van der Waals surface area (Å²) in [6.45, 7) is 0. The molecule has 0 unspecified atom stereocenters. The Balaban J connectivity index is 1.04. The van der Waals surface area contributed by atoms with Crippen molar-refractivity contribution in [3.05, 3.63) is 176 Å². The van der Waals surface area contributed by atoms with E-state index in [1.165, 1.54) is 31.3 Å². The zero-order chi connectivity index (χ0) is 37.5. The first-order valence-corrected chi connectivity index (χ1v) is 19.7. The highest BCUT2D eigenvalue weighted by molar-refractivity contribution is 7.26. The predicted molar refractivity (Wildman–Crippen MR) is 234 cm³/mol. The zero-order valence-corrected chi connectivity index (χ0v) is 31.1. The number of rotatable bonds is 5. The molecule has 0 radical (unpaired) electrons. The van der Waals surface area contributed by atoms with Gasteiger partial charge in [-0.3, -0.25) is 0 Å². The number of thiophene rings is 1. The van der Waals surface area contributed by atoms with E-state index in [0.717, 1.165) is 71.7 Å². The molecule has 0 fully saturated rings. The van der Waals surface area contributed by atoms with Crippen LogP contribution in [0.4, 0.5) is 0 Å². The fourth-order valence-electron chi connectivity index (χ4n) is 8.31. The van der Waals surface area contributed by atoms with Gasteiger partial charge in [-0.25, -0.2) is 15.0 Å².